The number of benzene rings is 1. The van der Waals surface area contributed by atoms with Crippen LogP contribution in [0.25, 0.3) is 11.0 Å². The number of carbonyl (C=O) groups is 2. The molecule has 1 fully saturated rings. The summed E-state index contributed by atoms with van der Waals surface area (Å²) >= 11 is 0. The van der Waals surface area contributed by atoms with E-state index in [1.807, 2.05) is 40.3 Å². The van der Waals surface area contributed by atoms with E-state index in [0.29, 0.717) is 43.8 Å². The SMILES string of the molecule is CN(Cc1nc2c(C(=O)N3CCN(CC(N)=O)CC3)cccc2[nH]1)C1CCCc2cccnc21. The summed E-state index contributed by atoms with van der Waals surface area (Å²) in [6, 6.07) is 10.1. The monoisotopic (exact) mass is 461 g/mol. The predicted octanol–water partition coefficient (Wildman–Crippen LogP) is 1.71. The molecule has 0 radical (unpaired) electrons. The first kappa shape index (κ1) is 22.5. The predicted molar refractivity (Wildman–Crippen MR) is 129 cm³/mol. The van der Waals surface area contributed by atoms with E-state index in [1.54, 1.807) is 0 Å². The number of aromatic nitrogens is 3. The third-order valence-corrected chi connectivity index (χ3v) is 6.93. The molecule has 3 heterocycles. The number of piperazine rings is 1. The van der Waals surface area contributed by atoms with Crippen LogP contribution in [0, 0.1) is 0 Å². The molecule has 1 aromatic carbocycles. The third kappa shape index (κ3) is 4.53. The summed E-state index contributed by atoms with van der Waals surface area (Å²) in [7, 11) is 2.11. The molecule has 2 aromatic heterocycles. The number of para-hydroxylation sites is 1. The van der Waals surface area contributed by atoms with Crippen LogP contribution in [0.2, 0.25) is 0 Å². The van der Waals surface area contributed by atoms with Crippen molar-refractivity contribution in [2.45, 2.75) is 31.8 Å². The van der Waals surface area contributed by atoms with E-state index in [2.05, 4.69) is 28.0 Å². The molecule has 1 unspecified atom stereocenters. The number of imidazole rings is 1. The molecule has 1 aliphatic carbocycles. The first-order valence-corrected chi connectivity index (χ1v) is 11.9. The van der Waals surface area contributed by atoms with Crippen molar-refractivity contribution in [3.8, 4) is 0 Å². The summed E-state index contributed by atoms with van der Waals surface area (Å²) in [5.74, 6) is 0.472. The van der Waals surface area contributed by atoms with Gasteiger partial charge < -0.3 is 15.6 Å². The number of rotatable bonds is 6. The van der Waals surface area contributed by atoms with E-state index in [0.717, 1.165) is 30.6 Å². The van der Waals surface area contributed by atoms with Crippen LogP contribution in [-0.4, -0.2) is 81.2 Å². The second kappa shape index (κ2) is 9.52. The van der Waals surface area contributed by atoms with Crippen molar-refractivity contribution >= 4 is 22.8 Å². The Morgan fingerprint density at radius 2 is 2.00 bits per heavy atom. The first-order valence-electron chi connectivity index (χ1n) is 11.9. The van der Waals surface area contributed by atoms with Gasteiger partial charge >= 0.3 is 0 Å². The topological polar surface area (TPSA) is 111 Å². The number of primary amides is 1. The Kier molecular flexibility index (Phi) is 6.30. The molecule has 5 rings (SSSR count). The standard InChI is InChI=1S/C25H31N7O2/c1-30(20-9-2-5-17-6-4-10-27-23(17)20)16-22-28-19-8-3-7-18(24(19)29-22)25(34)32-13-11-31(12-14-32)15-21(26)33/h3-4,6-8,10,20H,2,5,9,11-16H2,1H3,(H2,26,33)(H,28,29). The number of aromatic amines is 1. The van der Waals surface area contributed by atoms with E-state index in [-0.39, 0.29) is 24.4 Å². The highest BCUT2D eigenvalue weighted by Gasteiger charge is 2.27. The molecule has 2 amide bonds. The molecule has 9 nitrogen and oxygen atoms in total. The summed E-state index contributed by atoms with van der Waals surface area (Å²) < 4.78 is 0. The molecule has 0 saturated carbocycles. The van der Waals surface area contributed by atoms with Crippen molar-refractivity contribution in [1.29, 1.82) is 0 Å². The highest BCUT2D eigenvalue weighted by atomic mass is 16.2. The molecule has 9 heteroatoms. The number of nitrogens with two attached hydrogens (primary N) is 1. The van der Waals surface area contributed by atoms with Gasteiger partial charge in [-0.1, -0.05) is 12.1 Å². The van der Waals surface area contributed by atoms with Crippen LogP contribution in [0.3, 0.4) is 0 Å². The van der Waals surface area contributed by atoms with Crippen molar-refractivity contribution < 1.29 is 9.59 Å². The molecule has 2 aliphatic rings. The molecule has 0 spiro atoms. The summed E-state index contributed by atoms with van der Waals surface area (Å²) in [6.07, 6.45) is 5.18. The second-order valence-electron chi connectivity index (χ2n) is 9.29. The van der Waals surface area contributed by atoms with Gasteiger partial charge in [-0.05, 0) is 50.1 Å². The zero-order chi connectivity index (χ0) is 23.7. The van der Waals surface area contributed by atoms with Gasteiger partial charge in [0.25, 0.3) is 5.91 Å². The Hall–Kier alpha value is -3.30. The summed E-state index contributed by atoms with van der Waals surface area (Å²) in [4.78, 5) is 43.5. The average Bonchev–Trinajstić information content (AvgIpc) is 3.25. The fourth-order valence-electron chi connectivity index (χ4n) is 5.19. The number of nitrogens with one attached hydrogen (secondary N) is 1. The number of hydrogen-bond acceptors (Lipinski definition) is 6. The number of fused-ring (bicyclic) bond motifs is 2. The molecule has 3 aromatic rings. The smallest absolute Gasteiger partial charge is 0.256 e. The highest BCUT2D eigenvalue weighted by Crippen LogP contribution is 2.32. The number of amides is 2. The van der Waals surface area contributed by atoms with Crippen LogP contribution in [0.15, 0.2) is 36.5 Å². The Bertz CT molecular complexity index is 1200. The lowest BCUT2D eigenvalue weighted by Crippen LogP contribution is -2.50. The van der Waals surface area contributed by atoms with E-state index >= 15 is 0 Å². The maximum atomic E-state index is 13.3. The van der Waals surface area contributed by atoms with Gasteiger partial charge in [-0.15, -0.1) is 0 Å². The van der Waals surface area contributed by atoms with E-state index in [9.17, 15) is 9.59 Å². The third-order valence-electron chi connectivity index (χ3n) is 6.93. The maximum Gasteiger partial charge on any atom is 0.256 e. The maximum absolute atomic E-state index is 13.3. The van der Waals surface area contributed by atoms with Gasteiger partial charge in [0.05, 0.1) is 35.9 Å². The van der Waals surface area contributed by atoms with Crippen LogP contribution in [-0.2, 0) is 17.8 Å². The van der Waals surface area contributed by atoms with E-state index in [1.165, 1.54) is 11.3 Å². The zero-order valence-corrected chi connectivity index (χ0v) is 19.5. The zero-order valence-electron chi connectivity index (χ0n) is 19.5. The van der Waals surface area contributed by atoms with Gasteiger partial charge in [-0.3, -0.25) is 24.4 Å². The highest BCUT2D eigenvalue weighted by molar-refractivity contribution is 6.05. The van der Waals surface area contributed by atoms with Crippen LogP contribution in [0.5, 0.6) is 0 Å². The Balaban J connectivity index is 1.31. The molecule has 178 valence electrons. The minimum absolute atomic E-state index is 0.0267. The number of carbonyl (C=O) groups excluding carboxylic acids is 2. The van der Waals surface area contributed by atoms with Crippen LogP contribution in [0.1, 0.15) is 46.3 Å². The number of pyridine rings is 1. The summed E-state index contributed by atoms with van der Waals surface area (Å²) in [5.41, 5.74) is 9.97. The number of H-pyrrole nitrogens is 1. The molecular weight excluding hydrogens is 430 g/mol. The Morgan fingerprint density at radius 1 is 1.18 bits per heavy atom. The van der Waals surface area contributed by atoms with Gasteiger partial charge in [0, 0.05) is 32.4 Å². The molecule has 1 atom stereocenters. The number of aryl methyl sites for hydroxylation is 1. The molecular formula is C25H31N7O2. The van der Waals surface area contributed by atoms with Crippen LogP contribution < -0.4 is 5.73 Å². The molecule has 0 bridgehead atoms. The van der Waals surface area contributed by atoms with Crippen LogP contribution in [0.4, 0.5) is 0 Å². The molecule has 1 saturated heterocycles. The summed E-state index contributed by atoms with van der Waals surface area (Å²) in [6.45, 7) is 3.28. The van der Waals surface area contributed by atoms with Gasteiger partial charge in [0.15, 0.2) is 0 Å². The van der Waals surface area contributed by atoms with E-state index < -0.39 is 0 Å². The molecule has 34 heavy (non-hydrogen) atoms. The Labute approximate surface area is 198 Å². The Morgan fingerprint density at radius 3 is 2.79 bits per heavy atom. The number of hydrogen-bond donors (Lipinski definition) is 2. The fraction of sp³-hybridized carbons (Fsp3) is 0.440. The van der Waals surface area contributed by atoms with Gasteiger partial charge in [-0.2, -0.15) is 0 Å². The fourth-order valence-corrected chi connectivity index (χ4v) is 5.19. The van der Waals surface area contributed by atoms with Crippen LogP contribution >= 0.6 is 0 Å². The minimum atomic E-state index is -0.342. The van der Waals surface area contributed by atoms with Crippen molar-refractivity contribution in [3.05, 3.63) is 59.2 Å². The quantitative estimate of drug-likeness (QED) is 0.578. The molecule has 3 N–H and O–H groups in total. The largest absolute Gasteiger partial charge is 0.369 e. The van der Waals surface area contributed by atoms with Crippen molar-refractivity contribution in [2.75, 3.05) is 39.8 Å². The lowest BCUT2D eigenvalue weighted by atomic mass is 9.91. The summed E-state index contributed by atoms with van der Waals surface area (Å²) in [5, 5.41) is 0. The van der Waals surface area contributed by atoms with Gasteiger partial charge in [0.2, 0.25) is 5.91 Å². The molecule has 1 aliphatic heterocycles. The minimum Gasteiger partial charge on any atom is -0.369 e. The lowest BCUT2D eigenvalue weighted by molar-refractivity contribution is -0.119. The van der Waals surface area contributed by atoms with Gasteiger partial charge in [0.1, 0.15) is 11.3 Å². The lowest BCUT2D eigenvalue weighted by Gasteiger charge is -2.34. The number of nitrogens with zero attached hydrogens (tertiary/aromatic N) is 5. The normalized spacial score (nSPS) is 18.9. The van der Waals surface area contributed by atoms with E-state index in [4.69, 9.17) is 10.7 Å². The van der Waals surface area contributed by atoms with Crippen molar-refractivity contribution in [1.82, 2.24) is 29.7 Å². The average molecular weight is 462 g/mol. The van der Waals surface area contributed by atoms with Gasteiger partial charge in [-0.25, -0.2) is 4.98 Å². The second-order valence-corrected chi connectivity index (χ2v) is 9.29. The van der Waals surface area contributed by atoms with Crippen molar-refractivity contribution in [3.63, 3.8) is 0 Å². The first-order chi connectivity index (χ1) is 16.5. The van der Waals surface area contributed by atoms with Crippen molar-refractivity contribution in [2.24, 2.45) is 5.73 Å².